The van der Waals surface area contributed by atoms with Crippen molar-refractivity contribution in [2.75, 3.05) is 18.4 Å². The van der Waals surface area contributed by atoms with Crippen LogP contribution in [-0.4, -0.2) is 40.7 Å². The van der Waals surface area contributed by atoms with E-state index in [4.69, 9.17) is 0 Å². The van der Waals surface area contributed by atoms with E-state index in [-0.39, 0.29) is 23.6 Å². The number of hydrogen-bond acceptors (Lipinski definition) is 5. The smallest absolute Gasteiger partial charge is 0.254 e. The van der Waals surface area contributed by atoms with Gasteiger partial charge in [0.25, 0.3) is 5.91 Å². The number of hydrogen-bond donors (Lipinski definition) is 2. The van der Waals surface area contributed by atoms with E-state index >= 15 is 0 Å². The van der Waals surface area contributed by atoms with Gasteiger partial charge in [-0.1, -0.05) is 6.07 Å². The van der Waals surface area contributed by atoms with Gasteiger partial charge in [0, 0.05) is 49.7 Å². The predicted molar refractivity (Wildman–Crippen MR) is 113 cm³/mol. The van der Waals surface area contributed by atoms with E-state index in [9.17, 15) is 14.4 Å². The minimum atomic E-state index is -0.211. The number of carbonyl (C=O) groups is 3. The Hall–Kier alpha value is -2.74. The van der Waals surface area contributed by atoms with Crippen LogP contribution in [-0.2, 0) is 16.1 Å². The molecule has 2 N–H and O–H groups in total. The zero-order valence-electron chi connectivity index (χ0n) is 16.9. The number of likely N-dealkylation sites (tertiary alicyclic amines) is 1. The molecule has 3 amide bonds. The number of pyridine rings is 1. The fourth-order valence-electron chi connectivity index (χ4n) is 3.43. The summed E-state index contributed by atoms with van der Waals surface area (Å²) in [5.41, 5.74) is 2.31. The third kappa shape index (κ3) is 5.00. The Kier molecular flexibility index (Phi) is 6.64. The monoisotopic (exact) mass is 414 g/mol. The second-order valence-corrected chi connectivity index (χ2v) is 8.53. The maximum atomic E-state index is 12.8. The summed E-state index contributed by atoms with van der Waals surface area (Å²) in [5.74, 6) is -0.409. The van der Waals surface area contributed by atoms with Crippen molar-refractivity contribution in [1.82, 2.24) is 15.2 Å². The number of rotatable bonds is 5. The number of aryl methyl sites for hydroxylation is 1. The molecular weight excluding hydrogens is 388 g/mol. The molecule has 0 aliphatic carbocycles. The molecule has 154 valence electrons. The summed E-state index contributed by atoms with van der Waals surface area (Å²) in [4.78, 5) is 43.9. The van der Waals surface area contributed by atoms with Gasteiger partial charge in [-0.3, -0.25) is 19.4 Å². The highest BCUT2D eigenvalue weighted by atomic mass is 32.1. The molecule has 1 aliphatic rings. The molecular formula is C21H26N4O3S. The molecule has 3 heterocycles. The van der Waals surface area contributed by atoms with Crippen LogP contribution in [0, 0.1) is 19.8 Å². The van der Waals surface area contributed by atoms with Gasteiger partial charge in [0.2, 0.25) is 11.8 Å². The van der Waals surface area contributed by atoms with Crippen molar-refractivity contribution in [2.24, 2.45) is 5.92 Å². The van der Waals surface area contributed by atoms with E-state index < -0.39 is 0 Å². The van der Waals surface area contributed by atoms with Crippen LogP contribution in [0.25, 0.3) is 0 Å². The highest BCUT2D eigenvalue weighted by Gasteiger charge is 2.28. The molecule has 29 heavy (non-hydrogen) atoms. The van der Waals surface area contributed by atoms with Crippen molar-refractivity contribution in [3.05, 3.63) is 46.1 Å². The SMILES string of the molecule is CC(=O)N1CCC(C(=O)Nc2sc(C)c(C)c2C(=O)NCc2cccnc2)CC1. The second kappa shape index (κ2) is 9.17. The first-order valence-corrected chi connectivity index (χ1v) is 10.5. The van der Waals surface area contributed by atoms with Gasteiger partial charge in [-0.05, 0) is 43.9 Å². The standard InChI is InChI=1S/C21H26N4O3S/c1-13-14(2)29-21(18(13)20(28)23-12-16-5-4-8-22-11-16)24-19(27)17-6-9-25(10-7-17)15(3)26/h4-5,8,11,17H,6-7,9-10,12H2,1-3H3,(H,23,28)(H,24,27). The number of carbonyl (C=O) groups excluding carboxylic acids is 3. The normalized spacial score (nSPS) is 14.5. The molecule has 1 aliphatic heterocycles. The molecule has 0 saturated carbocycles. The summed E-state index contributed by atoms with van der Waals surface area (Å²) in [6.07, 6.45) is 4.67. The number of amides is 3. The van der Waals surface area contributed by atoms with E-state index in [1.165, 1.54) is 11.3 Å². The van der Waals surface area contributed by atoms with Gasteiger partial charge in [-0.2, -0.15) is 0 Å². The molecule has 0 atom stereocenters. The largest absolute Gasteiger partial charge is 0.348 e. The van der Waals surface area contributed by atoms with Gasteiger partial charge >= 0.3 is 0 Å². The van der Waals surface area contributed by atoms with Crippen molar-refractivity contribution in [3.63, 3.8) is 0 Å². The van der Waals surface area contributed by atoms with Crippen LogP contribution in [0.1, 0.15) is 46.1 Å². The van der Waals surface area contributed by atoms with Crippen LogP contribution >= 0.6 is 11.3 Å². The summed E-state index contributed by atoms with van der Waals surface area (Å²) < 4.78 is 0. The predicted octanol–water partition coefficient (Wildman–Crippen LogP) is 2.89. The molecule has 2 aromatic rings. The lowest BCUT2D eigenvalue weighted by atomic mass is 9.96. The summed E-state index contributed by atoms with van der Waals surface area (Å²) in [5, 5.41) is 6.47. The number of anilines is 1. The lowest BCUT2D eigenvalue weighted by Crippen LogP contribution is -2.40. The Morgan fingerprint density at radius 1 is 1.24 bits per heavy atom. The second-order valence-electron chi connectivity index (χ2n) is 7.30. The van der Waals surface area contributed by atoms with Crippen LogP contribution in [0.4, 0.5) is 5.00 Å². The zero-order chi connectivity index (χ0) is 21.0. The molecule has 0 radical (unpaired) electrons. The summed E-state index contributed by atoms with van der Waals surface area (Å²) in [7, 11) is 0. The number of nitrogens with one attached hydrogen (secondary N) is 2. The average molecular weight is 415 g/mol. The number of piperidine rings is 1. The van der Waals surface area contributed by atoms with Crippen molar-refractivity contribution >= 4 is 34.1 Å². The van der Waals surface area contributed by atoms with Gasteiger partial charge in [-0.15, -0.1) is 11.3 Å². The van der Waals surface area contributed by atoms with Gasteiger partial charge < -0.3 is 15.5 Å². The van der Waals surface area contributed by atoms with Crippen LogP contribution < -0.4 is 10.6 Å². The van der Waals surface area contributed by atoms with E-state index in [1.54, 1.807) is 24.2 Å². The number of nitrogens with zero attached hydrogens (tertiary/aromatic N) is 2. The third-order valence-corrected chi connectivity index (χ3v) is 6.46. The van der Waals surface area contributed by atoms with Crippen LogP contribution in [0.3, 0.4) is 0 Å². The molecule has 0 aromatic carbocycles. The molecule has 0 bridgehead atoms. The quantitative estimate of drug-likeness (QED) is 0.787. The Bertz CT molecular complexity index is 902. The minimum absolute atomic E-state index is 0.0425. The zero-order valence-corrected chi connectivity index (χ0v) is 17.8. The van der Waals surface area contributed by atoms with Crippen molar-refractivity contribution in [1.29, 1.82) is 0 Å². The molecule has 8 heteroatoms. The van der Waals surface area contributed by atoms with Crippen LogP contribution in [0.5, 0.6) is 0 Å². The Morgan fingerprint density at radius 3 is 2.59 bits per heavy atom. The summed E-state index contributed by atoms with van der Waals surface area (Å²) >= 11 is 1.42. The summed E-state index contributed by atoms with van der Waals surface area (Å²) in [6.45, 7) is 6.94. The van der Waals surface area contributed by atoms with Gasteiger partial charge in [0.15, 0.2) is 0 Å². The highest BCUT2D eigenvalue weighted by molar-refractivity contribution is 7.16. The Balaban J connectivity index is 1.67. The lowest BCUT2D eigenvalue weighted by Gasteiger charge is -2.30. The van der Waals surface area contributed by atoms with Gasteiger partial charge in [-0.25, -0.2) is 0 Å². The van der Waals surface area contributed by atoms with Gasteiger partial charge in [0.1, 0.15) is 5.00 Å². The maximum Gasteiger partial charge on any atom is 0.254 e. The fraction of sp³-hybridized carbons (Fsp3) is 0.429. The molecule has 2 aromatic heterocycles. The van der Waals surface area contributed by atoms with Crippen LogP contribution in [0.15, 0.2) is 24.5 Å². The first-order chi connectivity index (χ1) is 13.9. The van der Waals surface area contributed by atoms with E-state index in [1.807, 2.05) is 26.0 Å². The average Bonchev–Trinajstić information content (AvgIpc) is 3.00. The van der Waals surface area contributed by atoms with Crippen molar-refractivity contribution in [2.45, 2.75) is 40.2 Å². The number of aromatic nitrogens is 1. The molecule has 7 nitrogen and oxygen atoms in total. The Morgan fingerprint density at radius 2 is 1.97 bits per heavy atom. The topological polar surface area (TPSA) is 91.4 Å². The van der Waals surface area contributed by atoms with Crippen molar-refractivity contribution in [3.8, 4) is 0 Å². The minimum Gasteiger partial charge on any atom is -0.348 e. The van der Waals surface area contributed by atoms with E-state index in [0.717, 1.165) is 16.0 Å². The summed E-state index contributed by atoms with van der Waals surface area (Å²) in [6, 6.07) is 3.72. The third-order valence-electron chi connectivity index (χ3n) is 5.34. The van der Waals surface area contributed by atoms with E-state index in [0.29, 0.717) is 43.0 Å². The van der Waals surface area contributed by atoms with Crippen molar-refractivity contribution < 1.29 is 14.4 Å². The lowest BCUT2D eigenvalue weighted by molar-refractivity contribution is -0.132. The first kappa shape index (κ1) is 21.0. The van der Waals surface area contributed by atoms with Gasteiger partial charge in [0.05, 0.1) is 5.56 Å². The fourth-order valence-corrected chi connectivity index (χ4v) is 4.49. The number of thiophene rings is 1. The molecule has 0 unspecified atom stereocenters. The maximum absolute atomic E-state index is 12.8. The highest BCUT2D eigenvalue weighted by Crippen LogP contribution is 2.33. The Labute approximate surface area is 174 Å². The molecule has 1 saturated heterocycles. The molecule has 3 rings (SSSR count). The molecule has 0 spiro atoms. The van der Waals surface area contributed by atoms with Crippen LogP contribution in [0.2, 0.25) is 0 Å². The first-order valence-electron chi connectivity index (χ1n) is 9.70. The molecule has 1 fully saturated rings. The van der Waals surface area contributed by atoms with E-state index in [2.05, 4.69) is 15.6 Å².